The maximum absolute atomic E-state index is 14.0. The molecule has 1 aromatic rings. The van der Waals surface area contributed by atoms with E-state index in [1.54, 1.807) is 11.8 Å². The van der Waals surface area contributed by atoms with Crippen molar-refractivity contribution < 1.29 is 22.7 Å². The van der Waals surface area contributed by atoms with E-state index in [1.165, 1.54) is 0 Å². The second kappa shape index (κ2) is 6.91. The molecule has 1 N–H and O–H groups in total. The number of hydrogen-bond donors (Lipinski definition) is 1. The van der Waals surface area contributed by atoms with Crippen LogP contribution in [0.4, 0.5) is 13.2 Å². The van der Waals surface area contributed by atoms with Crippen LogP contribution in [0.1, 0.15) is 18.5 Å². The summed E-state index contributed by atoms with van der Waals surface area (Å²) in [5.41, 5.74) is -0.200. The molecule has 7 heteroatoms. The standard InChI is InChI=1S/C14H17F3N2O2/c1-2-21-14(20)13(19-5-3-18-4-6-19)9-7-11(16)12(17)8-10(9)15/h7-8,13,18H,2-6H2,1H3. The number of esters is 1. The van der Waals surface area contributed by atoms with E-state index in [0.717, 1.165) is 6.07 Å². The molecule has 1 fully saturated rings. The molecule has 4 nitrogen and oxygen atoms in total. The van der Waals surface area contributed by atoms with E-state index in [4.69, 9.17) is 4.74 Å². The van der Waals surface area contributed by atoms with Gasteiger partial charge in [-0.15, -0.1) is 0 Å². The zero-order chi connectivity index (χ0) is 15.4. The van der Waals surface area contributed by atoms with Gasteiger partial charge in [-0.25, -0.2) is 18.0 Å². The predicted molar refractivity (Wildman–Crippen MR) is 70.1 cm³/mol. The highest BCUT2D eigenvalue weighted by Crippen LogP contribution is 2.27. The van der Waals surface area contributed by atoms with E-state index in [2.05, 4.69) is 5.32 Å². The van der Waals surface area contributed by atoms with Crippen molar-refractivity contribution in [3.05, 3.63) is 35.1 Å². The van der Waals surface area contributed by atoms with Crippen LogP contribution in [-0.4, -0.2) is 43.7 Å². The highest BCUT2D eigenvalue weighted by atomic mass is 19.2. The molecule has 1 unspecified atom stereocenters. The predicted octanol–water partition coefficient (Wildman–Crippen LogP) is 1.61. The molecule has 0 radical (unpaired) electrons. The first-order chi connectivity index (χ1) is 10.0. The molecule has 116 valence electrons. The summed E-state index contributed by atoms with van der Waals surface area (Å²) in [6.07, 6.45) is 0. The van der Waals surface area contributed by atoms with Crippen molar-refractivity contribution >= 4 is 5.97 Å². The first-order valence-corrected chi connectivity index (χ1v) is 6.80. The molecular formula is C14H17F3N2O2. The lowest BCUT2D eigenvalue weighted by atomic mass is 10.0. The molecule has 1 aromatic carbocycles. The zero-order valence-corrected chi connectivity index (χ0v) is 11.7. The van der Waals surface area contributed by atoms with Gasteiger partial charge in [0, 0.05) is 37.8 Å². The third-order valence-corrected chi connectivity index (χ3v) is 3.36. The van der Waals surface area contributed by atoms with Crippen molar-refractivity contribution in [2.45, 2.75) is 13.0 Å². The van der Waals surface area contributed by atoms with Crippen molar-refractivity contribution in [3.63, 3.8) is 0 Å². The molecule has 0 amide bonds. The molecule has 21 heavy (non-hydrogen) atoms. The van der Waals surface area contributed by atoms with Crippen LogP contribution in [0.2, 0.25) is 0 Å². The Bertz CT molecular complexity index is 519. The van der Waals surface area contributed by atoms with Gasteiger partial charge < -0.3 is 10.1 Å². The van der Waals surface area contributed by atoms with Gasteiger partial charge in [-0.3, -0.25) is 4.90 Å². The van der Waals surface area contributed by atoms with Crippen molar-refractivity contribution in [3.8, 4) is 0 Å². The molecule has 0 aromatic heterocycles. The van der Waals surface area contributed by atoms with Gasteiger partial charge in [0.2, 0.25) is 0 Å². The van der Waals surface area contributed by atoms with E-state index in [-0.39, 0.29) is 12.2 Å². The Hall–Kier alpha value is -1.60. The summed E-state index contributed by atoms with van der Waals surface area (Å²) in [5.74, 6) is -4.08. The van der Waals surface area contributed by atoms with Gasteiger partial charge in [-0.05, 0) is 13.0 Å². The molecule has 1 heterocycles. The second-order valence-corrected chi connectivity index (χ2v) is 4.73. The summed E-state index contributed by atoms with van der Waals surface area (Å²) >= 11 is 0. The molecule has 1 aliphatic rings. The molecule has 1 saturated heterocycles. The summed E-state index contributed by atoms with van der Waals surface area (Å²) in [6, 6.07) is 0.120. The molecule has 2 rings (SSSR count). The van der Waals surface area contributed by atoms with Gasteiger partial charge in [-0.1, -0.05) is 0 Å². The lowest BCUT2D eigenvalue weighted by Gasteiger charge is -2.33. The fourth-order valence-electron chi connectivity index (χ4n) is 2.38. The first kappa shape index (κ1) is 15.8. The van der Waals surface area contributed by atoms with Crippen LogP contribution < -0.4 is 5.32 Å². The summed E-state index contributed by atoms with van der Waals surface area (Å²) in [5, 5.41) is 3.11. The third kappa shape index (κ3) is 3.54. The van der Waals surface area contributed by atoms with E-state index in [9.17, 15) is 18.0 Å². The average Bonchev–Trinajstić information content (AvgIpc) is 2.46. The third-order valence-electron chi connectivity index (χ3n) is 3.36. The molecule has 0 spiro atoms. The number of carbonyl (C=O) groups is 1. The van der Waals surface area contributed by atoms with Gasteiger partial charge >= 0.3 is 5.97 Å². The quantitative estimate of drug-likeness (QED) is 0.678. The highest BCUT2D eigenvalue weighted by Gasteiger charge is 2.33. The normalized spacial score (nSPS) is 17.5. The molecule has 0 bridgehead atoms. The van der Waals surface area contributed by atoms with Gasteiger partial charge in [0.05, 0.1) is 6.61 Å². The van der Waals surface area contributed by atoms with Crippen molar-refractivity contribution in [1.82, 2.24) is 10.2 Å². The fraction of sp³-hybridized carbons (Fsp3) is 0.500. The molecule has 1 aliphatic heterocycles. The van der Waals surface area contributed by atoms with Crippen LogP contribution in [0, 0.1) is 17.5 Å². The van der Waals surface area contributed by atoms with E-state index in [1.807, 2.05) is 0 Å². The number of halogens is 3. The summed E-state index contributed by atoms with van der Waals surface area (Å²) < 4.78 is 45.4. The second-order valence-electron chi connectivity index (χ2n) is 4.73. The number of nitrogens with zero attached hydrogens (tertiary/aromatic N) is 1. The largest absolute Gasteiger partial charge is 0.465 e. The van der Waals surface area contributed by atoms with E-state index in [0.29, 0.717) is 32.2 Å². The Labute approximate surface area is 120 Å². The molecule has 0 saturated carbocycles. The van der Waals surface area contributed by atoms with E-state index < -0.39 is 29.5 Å². The fourth-order valence-corrected chi connectivity index (χ4v) is 2.38. The van der Waals surface area contributed by atoms with Gasteiger partial charge in [0.25, 0.3) is 0 Å². The maximum atomic E-state index is 14.0. The lowest BCUT2D eigenvalue weighted by Crippen LogP contribution is -2.47. The van der Waals surface area contributed by atoms with Crippen molar-refractivity contribution in [1.29, 1.82) is 0 Å². The summed E-state index contributed by atoms with van der Waals surface area (Å²) in [4.78, 5) is 13.8. The van der Waals surface area contributed by atoms with Crippen LogP contribution in [0.5, 0.6) is 0 Å². The van der Waals surface area contributed by atoms with Gasteiger partial charge in [0.15, 0.2) is 11.6 Å². The number of hydrogen-bond acceptors (Lipinski definition) is 4. The van der Waals surface area contributed by atoms with Crippen molar-refractivity contribution in [2.75, 3.05) is 32.8 Å². The van der Waals surface area contributed by atoms with Crippen LogP contribution >= 0.6 is 0 Å². The highest BCUT2D eigenvalue weighted by molar-refractivity contribution is 5.77. The minimum absolute atomic E-state index is 0.132. The minimum atomic E-state index is -1.28. The Morgan fingerprint density at radius 3 is 2.48 bits per heavy atom. The number of rotatable bonds is 4. The number of ether oxygens (including phenoxy) is 1. The average molecular weight is 302 g/mol. The molecule has 1 atom stereocenters. The van der Waals surface area contributed by atoms with Gasteiger partial charge in [-0.2, -0.15) is 0 Å². The van der Waals surface area contributed by atoms with Crippen LogP contribution in [0.15, 0.2) is 12.1 Å². The summed E-state index contributed by atoms with van der Waals surface area (Å²) in [7, 11) is 0. The minimum Gasteiger partial charge on any atom is -0.465 e. The Morgan fingerprint density at radius 1 is 1.24 bits per heavy atom. The monoisotopic (exact) mass is 302 g/mol. The summed E-state index contributed by atoms with van der Waals surface area (Å²) in [6.45, 7) is 3.99. The lowest BCUT2D eigenvalue weighted by molar-refractivity contribution is -0.150. The number of piperazine rings is 1. The number of carbonyl (C=O) groups excluding carboxylic acids is 1. The molecule has 0 aliphatic carbocycles. The van der Waals surface area contributed by atoms with Crippen LogP contribution in [-0.2, 0) is 9.53 Å². The number of nitrogens with one attached hydrogen (secondary N) is 1. The first-order valence-electron chi connectivity index (χ1n) is 6.80. The van der Waals surface area contributed by atoms with E-state index >= 15 is 0 Å². The topological polar surface area (TPSA) is 41.6 Å². The van der Waals surface area contributed by atoms with Crippen LogP contribution in [0.25, 0.3) is 0 Å². The Kier molecular flexibility index (Phi) is 5.19. The Balaban J connectivity index is 2.38. The van der Waals surface area contributed by atoms with Gasteiger partial charge in [0.1, 0.15) is 11.9 Å². The SMILES string of the molecule is CCOC(=O)C(c1cc(F)c(F)cc1F)N1CCNCC1. The van der Waals surface area contributed by atoms with Crippen molar-refractivity contribution in [2.24, 2.45) is 0 Å². The smallest absolute Gasteiger partial charge is 0.328 e. The maximum Gasteiger partial charge on any atom is 0.328 e. The number of benzene rings is 1. The zero-order valence-electron chi connectivity index (χ0n) is 11.7. The van der Waals surface area contributed by atoms with Crippen LogP contribution in [0.3, 0.4) is 0 Å². The Morgan fingerprint density at radius 2 is 1.86 bits per heavy atom. The molecular weight excluding hydrogens is 285 g/mol.